The summed E-state index contributed by atoms with van der Waals surface area (Å²) in [5.41, 5.74) is 1.80. The second-order valence-electron chi connectivity index (χ2n) is 7.87. The Hall–Kier alpha value is -1.71. The van der Waals surface area contributed by atoms with Crippen molar-refractivity contribution in [2.24, 2.45) is 0 Å². The first-order chi connectivity index (χ1) is 15.7. The van der Waals surface area contributed by atoms with Gasteiger partial charge in [-0.15, -0.1) is 12.4 Å². The van der Waals surface area contributed by atoms with Gasteiger partial charge in [0.1, 0.15) is 0 Å². The van der Waals surface area contributed by atoms with E-state index in [1.807, 2.05) is 19.1 Å². The van der Waals surface area contributed by atoms with Gasteiger partial charge in [0.05, 0.1) is 20.9 Å². The van der Waals surface area contributed by atoms with Crippen molar-refractivity contribution in [1.29, 1.82) is 0 Å². The number of amides is 1. The smallest absolute Gasteiger partial charge is 0.228 e. The van der Waals surface area contributed by atoms with Crippen LogP contribution in [-0.4, -0.2) is 56.1 Å². The fraction of sp³-hybridized carbons (Fsp3) is 0.417. The molecule has 0 saturated carbocycles. The number of nitrogens with zero attached hydrogens (tertiary/aromatic N) is 3. The van der Waals surface area contributed by atoms with Crippen LogP contribution in [0.4, 0.5) is 5.13 Å². The normalized spacial score (nSPS) is 11.6. The Kier molecular flexibility index (Phi) is 10.8. The number of benzene rings is 2. The van der Waals surface area contributed by atoms with E-state index in [4.69, 9.17) is 16.6 Å². The first kappa shape index (κ1) is 28.5. The third-order valence-electron chi connectivity index (χ3n) is 5.61. The maximum absolute atomic E-state index is 13.2. The van der Waals surface area contributed by atoms with Crippen molar-refractivity contribution in [1.82, 2.24) is 9.88 Å². The van der Waals surface area contributed by atoms with Gasteiger partial charge in [0.15, 0.2) is 15.0 Å². The maximum atomic E-state index is 13.2. The average molecular weight is 545 g/mol. The predicted octanol–water partition coefficient (Wildman–Crippen LogP) is 5.61. The molecule has 186 valence electrons. The molecule has 3 aromatic rings. The van der Waals surface area contributed by atoms with Crippen molar-refractivity contribution in [3.8, 4) is 0 Å². The number of thiazole rings is 1. The van der Waals surface area contributed by atoms with E-state index in [-0.39, 0.29) is 41.8 Å². The number of fused-ring (bicyclic) bond motifs is 1. The Bertz CT molecular complexity index is 1200. The van der Waals surface area contributed by atoms with E-state index in [9.17, 15) is 13.2 Å². The summed E-state index contributed by atoms with van der Waals surface area (Å²) < 4.78 is 26.1. The third kappa shape index (κ3) is 7.15. The van der Waals surface area contributed by atoms with Gasteiger partial charge in [0.25, 0.3) is 0 Å². The quantitative estimate of drug-likeness (QED) is 0.314. The van der Waals surface area contributed by atoms with Crippen LogP contribution in [0.1, 0.15) is 32.3 Å². The summed E-state index contributed by atoms with van der Waals surface area (Å²) in [6.07, 6.45) is 0.396. The highest BCUT2D eigenvalue weighted by Crippen LogP contribution is 2.33. The van der Waals surface area contributed by atoms with Crippen molar-refractivity contribution < 1.29 is 13.2 Å². The molecule has 0 N–H and O–H groups in total. The van der Waals surface area contributed by atoms with E-state index >= 15 is 0 Å². The Labute approximate surface area is 217 Å². The molecule has 2 aromatic carbocycles. The Morgan fingerprint density at radius 3 is 2.41 bits per heavy atom. The minimum Gasteiger partial charge on any atom is -0.302 e. The molecule has 0 fully saturated rings. The van der Waals surface area contributed by atoms with Gasteiger partial charge in [0.2, 0.25) is 5.91 Å². The van der Waals surface area contributed by atoms with Gasteiger partial charge in [-0.1, -0.05) is 55.0 Å². The highest BCUT2D eigenvalue weighted by atomic mass is 35.5. The highest BCUT2D eigenvalue weighted by Gasteiger charge is 2.22. The summed E-state index contributed by atoms with van der Waals surface area (Å²) in [6.45, 7) is 9.13. The number of sulfone groups is 1. The molecule has 0 saturated heterocycles. The number of carbonyl (C=O) groups excluding carboxylic acids is 1. The second-order valence-corrected chi connectivity index (χ2v) is 11.4. The van der Waals surface area contributed by atoms with Crippen molar-refractivity contribution in [2.45, 2.75) is 38.5 Å². The van der Waals surface area contributed by atoms with Gasteiger partial charge in [-0.25, -0.2) is 13.4 Å². The number of hydrogen-bond acceptors (Lipinski definition) is 6. The number of likely N-dealkylation sites (N-methyl/N-ethyl adjacent to an activating group) is 1. The van der Waals surface area contributed by atoms with Crippen LogP contribution in [0.3, 0.4) is 0 Å². The van der Waals surface area contributed by atoms with Gasteiger partial charge in [0, 0.05) is 24.5 Å². The first-order valence-corrected chi connectivity index (χ1v) is 14.0. The molecule has 1 heterocycles. The molecule has 1 aromatic heterocycles. The summed E-state index contributed by atoms with van der Waals surface area (Å²) in [5, 5.41) is 1.26. The minimum atomic E-state index is -3.42. The van der Waals surface area contributed by atoms with Gasteiger partial charge >= 0.3 is 0 Å². The van der Waals surface area contributed by atoms with Crippen LogP contribution in [-0.2, 0) is 14.6 Å². The van der Waals surface area contributed by atoms with E-state index in [1.54, 1.807) is 35.2 Å². The van der Waals surface area contributed by atoms with Crippen LogP contribution >= 0.6 is 35.3 Å². The number of halogens is 2. The van der Waals surface area contributed by atoms with Crippen molar-refractivity contribution in [3.63, 3.8) is 0 Å². The maximum Gasteiger partial charge on any atom is 0.228 e. The van der Waals surface area contributed by atoms with Crippen LogP contribution in [0.25, 0.3) is 10.2 Å². The van der Waals surface area contributed by atoms with E-state index in [0.29, 0.717) is 16.7 Å². The molecular formula is C24H31Cl2N3O3S2. The number of aryl methyl sites for hydroxylation is 1. The van der Waals surface area contributed by atoms with Crippen LogP contribution in [0, 0.1) is 6.92 Å². The minimum absolute atomic E-state index is 0. The number of hydrogen-bond donors (Lipinski definition) is 0. The summed E-state index contributed by atoms with van der Waals surface area (Å²) in [6, 6.07) is 12.1. The van der Waals surface area contributed by atoms with E-state index in [1.165, 1.54) is 11.3 Å². The fourth-order valence-corrected chi connectivity index (χ4v) is 6.46. The predicted molar refractivity (Wildman–Crippen MR) is 144 cm³/mol. The van der Waals surface area contributed by atoms with E-state index in [0.717, 1.165) is 35.4 Å². The molecule has 0 aliphatic rings. The average Bonchev–Trinajstić information content (AvgIpc) is 3.21. The number of rotatable bonds is 11. The molecule has 0 spiro atoms. The molecule has 0 unspecified atom stereocenters. The lowest BCUT2D eigenvalue weighted by Crippen LogP contribution is -2.38. The standard InChI is InChI=1S/C24H30ClN3O3S2.ClH/c1-4-27(5-2)13-14-28(24-26-23-18(3)16-19(25)17-21(23)32-24)22(29)12-9-15-33(30,31)20-10-7-6-8-11-20;/h6-8,10-11,16-17H,4-5,9,12-15H2,1-3H3;1H. The summed E-state index contributed by atoms with van der Waals surface area (Å²) in [7, 11) is -3.42. The molecule has 0 atom stereocenters. The lowest BCUT2D eigenvalue weighted by atomic mass is 10.2. The molecule has 0 radical (unpaired) electrons. The molecule has 34 heavy (non-hydrogen) atoms. The zero-order valence-electron chi connectivity index (χ0n) is 19.7. The molecule has 3 rings (SSSR count). The number of carbonyl (C=O) groups is 1. The largest absolute Gasteiger partial charge is 0.302 e. The third-order valence-corrected chi connectivity index (χ3v) is 8.67. The summed E-state index contributed by atoms with van der Waals surface area (Å²) in [4.78, 5) is 22.2. The van der Waals surface area contributed by atoms with Crippen molar-refractivity contribution in [3.05, 3.63) is 53.1 Å². The zero-order chi connectivity index (χ0) is 24.0. The zero-order valence-corrected chi connectivity index (χ0v) is 22.9. The second kappa shape index (κ2) is 12.8. The van der Waals surface area contributed by atoms with Crippen LogP contribution in [0.5, 0.6) is 0 Å². The van der Waals surface area contributed by atoms with Gasteiger partial charge in [-0.05, 0) is 56.3 Å². The van der Waals surface area contributed by atoms with Crippen LogP contribution < -0.4 is 4.90 Å². The molecular weight excluding hydrogens is 513 g/mol. The summed E-state index contributed by atoms with van der Waals surface area (Å²) in [5.74, 6) is -0.186. The lowest BCUT2D eigenvalue weighted by molar-refractivity contribution is -0.118. The van der Waals surface area contributed by atoms with Crippen LogP contribution in [0.15, 0.2) is 47.4 Å². The Morgan fingerprint density at radius 2 is 1.76 bits per heavy atom. The Morgan fingerprint density at radius 1 is 1.09 bits per heavy atom. The molecule has 1 amide bonds. The topological polar surface area (TPSA) is 70.6 Å². The van der Waals surface area contributed by atoms with Gasteiger partial charge < -0.3 is 4.90 Å². The lowest BCUT2D eigenvalue weighted by Gasteiger charge is -2.24. The Balaban J connectivity index is 0.00000408. The highest BCUT2D eigenvalue weighted by molar-refractivity contribution is 7.91. The van der Waals surface area contributed by atoms with Gasteiger partial charge in [-0.2, -0.15) is 0 Å². The van der Waals surface area contributed by atoms with Gasteiger partial charge in [-0.3, -0.25) is 9.69 Å². The summed E-state index contributed by atoms with van der Waals surface area (Å²) >= 11 is 7.65. The SMILES string of the molecule is CCN(CC)CCN(C(=O)CCCS(=O)(=O)c1ccccc1)c1nc2c(C)cc(Cl)cc2s1.Cl. The van der Waals surface area contributed by atoms with E-state index in [2.05, 4.69) is 18.7 Å². The molecule has 10 heteroatoms. The van der Waals surface area contributed by atoms with Crippen molar-refractivity contribution >= 4 is 66.4 Å². The van der Waals surface area contributed by atoms with Crippen molar-refractivity contribution in [2.75, 3.05) is 36.8 Å². The van der Waals surface area contributed by atoms with Crippen LogP contribution in [0.2, 0.25) is 5.02 Å². The number of aromatic nitrogens is 1. The molecule has 6 nitrogen and oxygen atoms in total. The molecule has 0 aliphatic heterocycles. The molecule has 0 bridgehead atoms. The fourth-order valence-electron chi connectivity index (χ4n) is 3.66. The molecule has 0 aliphatic carbocycles. The first-order valence-electron chi connectivity index (χ1n) is 11.1. The van der Waals surface area contributed by atoms with E-state index < -0.39 is 9.84 Å². The number of anilines is 1. The monoisotopic (exact) mass is 543 g/mol.